The smallest absolute Gasteiger partial charge is 0.419 e. The van der Waals surface area contributed by atoms with Crippen molar-refractivity contribution < 1.29 is 24.0 Å². The van der Waals surface area contributed by atoms with Crippen LogP contribution in [0.2, 0.25) is 0 Å². The second-order valence-electron chi connectivity index (χ2n) is 8.34. The zero-order valence-electron chi connectivity index (χ0n) is 17.3. The summed E-state index contributed by atoms with van der Waals surface area (Å²) in [6.45, 7) is 6.89. The highest BCUT2D eigenvalue weighted by molar-refractivity contribution is 5.93. The Morgan fingerprint density at radius 3 is 2.30 bits per heavy atom. The van der Waals surface area contributed by atoms with E-state index in [1.165, 1.54) is 12.1 Å². The van der Waals surface area contributed by atoms with Gasteiger partial charge in [-0.15, -0.1) is 0 Å². The predicted octanol–water partition coefficient (Wildman–Crippen LogP) is 4.69. The van der Waals surface area contributed by atoms with Crippen LogP contribution in [0.15, 0.2) is 54.6 Å². The number of nitro groups is 1. The van der Waals surface area contributed by atoms with Gasteiger partial charge in [0.15, 0.2) is 6.23 Å². The van der Waals surface area contributed by atoms with Crippen LogP contribution < -0.4 is 0 Å². The van der Waals surface area contributed by atoms with Gasteiger partial charge in [0.25, 0.3) is 5.69 Å². The highest BCUT2D eigenvalue weighted by Gasteiger charge is 2.47. The van der Waals surface area contributed by atoms with Gasteiger partial charge < -0.3 is 9.47 Å². The molecule has 0 aromatic heterocycles. The zero-order chi connectivity index (χ0) is 22.1. The van der Waals surface area contributed by atoms with Crippen molar-refractivity contribution in [1.82, 2.24) is 4.90 Å². The van der Waals surface area contributed by atoms with E-state index < -0.39 is 34.4 Å². The largest absolute Gasteiger partial charge is 0.443 e. The molecule has 0 aliphatic carbocycles. The van der Waals surface area contributed by atoms with Crippen molar-refractivity contribution in [3.63, 3.8) is 0 Å². The van der Waals surface area contributed by atoms with E-state index in [0.29, 0.717) is 11.1 Å². The molecule has 1 aliphatic rings. The lowest BCUT2D eigenvalue weighted by atomic mass is 9.89. The maximum Gasteiger partial charge on any atom is 0.419 e. The lowest BCUT2D eigenvalue weighted by Gasteiger charge is -2.44. The minimum atomic E-state index is -1.08. The molecule has 1 unspecified atom stereocenters. The Bertz CT molecular complexity index is 952. The van der Waals surface area contributed by atoms with Crippen molar-refractivity contribution in [2.24, 2.45) is 0 Å². The fourth-order valence-corrected chi connectivity index (χ4v) is 3.29. The third-order valence-corrected chi connectivity index (χ3v) is 4.73. The molecule has 2 aromatic rings. The van der Waals surface area contributed by atoms with Crippen molar-refractivity contribution in [2.45, 2.75) is 51.5 Å². The molecule has 1 aliphatic heterocycles. The molecule has 2 amide bonds. The first-order valence-electron chi connectivity index (χ1n) is 9.53. The summed E-state index contributed by atoms with van der Waals surface area (Å²) in [6.07, 6.45) is -1.90. The molecule has 1 saturated heterocycles. The minimum Gasteiger partial charge on any atom is -0.443 e. The summed E-state index contributed by atoms with van der Waals surface area (Å²) < 4.78 is 11.7. The van der Waals surface area contributed by atoms with Gasteiger partial charge in [0.05, 0.1) is 11.3 Å². The Balaban J connectivity index is 1.99. The van der Waals surface area contributed by atoms with E-state index in [1.807, 2.05) is 6.07 Å². The molecule has 3 rings (SSSR count). The molecule has 158 valence electrons. The molecule has 8 heteroatoms. The van der Waals surface area contributed by atoms with Gasteiger partial charge >= 0.3 is 6.09 Å². The van der Waals surface area contributed by atoms with Gasteiger partial charge in [0.2, 0.25) is 5.91 Å². The van der Waals surface area contributed by atoms with Crippen LogP contribution >= 0.6 is 0 Å². The van der Waals surface area contributed by atoms with Crippen LogP contribution in [-0.2, 0) is 19.9 Å². The molecular weight excluding hydrogens is 388 g/mol. The van der Waals surface area contributed by atoms with Crippen molar-refractivity contribution in [1.29, 1.82) is 0 Å². The number of nitro benzene ring substituents is 1. The monoisotopic (exact) mass is 412 g/mol. The molecule has 8 nitrogen and oxygen atoms in total. The number of carbonyl (C=O) groups is 2. The van der Waals surface area contributed by atoms with E-state index >= 15 is 0 Å². The standard InChI is InChI=1S/C22H24N2O6/c1-21(2,3)30-20(26)23-18(25)14-22(4,16-10-12-17(13-11-16)24(27)28)29-19(23)15-8-6-5-7-9-15/h5-13,19H,14H2,1-4H3/t19-,22?/m0/s1. The van der Waals surface area contributed by atoms with E-state index in [1.54, 1.807) is 64.1 Å². The van der Waals surface area contributed by atoms with Gasteiger partial charge in [-0.25, -0.2) is 9.69 Å². The Hall–Kier alpha value is -3.26. The van der Waals surface area contributed by atoms with Gasteiger partial charge in [-0.1, -0.05) is 30.3 Å². The van der Waals surface area contributed by atoms with E-state index in [9.17, 15) is 19.7 Å². The third-order valence-electron chi connectivity index (χ3n) is 4.73. The first-order valence-corrected chi connectivity index (χ1v) is 9.53. The van der Waals surface area contributed by atoms with E-state index in [2.05, 4.69) is 0 Å². The summed E-state index contributed by atoms with van der Waals surface area (Å²) in [5.74, 6) is -0.454. The number of benzene rings is 2. The molecule has 0 bridgehead atoms. The Kier molecular flexibility index (Phi) is 5.63. The van der Waals surface area contributed by atoms with E-state index in [4.69, 9.17) is 9.47 Å². The number of hydrogen-bond donors (Lipinski definition) is 0. The summed E-state index contributed by atoms with van der Waals surface area (Å²) >= 11 is 0. The number of ether oxygens (including phenoxy) is 2. The number of amides is 2. The van der Waals surface area contributed by atoms with Crippen molar-refractivity contribution >= 4 is 17.7 Å². The fraction of sp³-hybridized carbons (Fsp3) is 0.364. The summed E-state index contributed by atoms with van der Waals surface area (Å²) in [4.78, 5) is 37.4. The van der Waals surface area contributed by atoms with Crippen molar-refractivity contribution in [3.8, 4) is 0 Å². The lowest BCUT2D eigenvalue weighted by Crippen LogP contribution is -2.52. The van der Waals surface area contributed by atoms with Crippen LogP contribution in [0.1, 0.15) is 51.5 Å². The lowest BCUT2D eigenvalue weighted by molar-refractivity contribution is -0.384. The van der Waals surface area contributed by atoms with Gasteiger partial charge in [-0.05, 0) is 45.4 Å². The van der Waals surface area contributed by atoms with Gasteiger partial charge in [0, 0.05) is 17.7 Å². The second-order valence-corrected chi connectivity index (χ2v) is 8.34. The molecule has 2 aromatic carbocycles. The molecule has 1 fully saturated rings. The summed E-state index contributed by atoms with van der Waals surface area (Å²) in [5.41, 5.74) is -0.696. The number of nitrogens with zero attached hydrogens (tertiary/aromatic N) is 2. The normalized spacial score (nSPS) is 21.9. The highest BCUT2D eigenvalue weighted by Crippen LogP contribution is 2.42. The van der Waals surface area contributed by atoms with Gasteiger partial charge in [-0.2, -0.15) is 0 Å². The molecule has 0 spiro atoms. The van der Waals surface area contributed by atoms with E-state index in [0.717, 1.165) is 4.90 Å². The number of rotatable bonds is 3. The van der Waals surface area contributed by atoms with Crippen LogP contribution in [0.5, 0.6) is 0 Å². The average Bonchev–Trinajstić information content (AvgIpc) is 2.66. The van der Waals surface area contributed by atoms with Crippen molar-refractivity contribution in [3.05, 3.63) is 75.8 Å². The van der Waals surface area contributed by atoms with Crippen LogP contribution in [-0.4, -0.2) is 27.4 Å². The average molecular weight is 412 g/mol. The van der Waals surface area contributed by atoms with Crippen LogP contribution in [0.4, 0.5) is 10.5 Å². The summed E-state index contributed by atoms with van der Waals surface area (Å²) in [6, 6.07) is 14.8. The topological polar surface area (TPSA) is 99.0 Å². The summed E-state index contributed by atoms with van der Waals surface area (Å²) in [5, 5.41) is 11.0. The first kappa shape index (κ1) is 21.4. The van der Waals surface area contributed by atoms with Gasteiger partial charge in [0.1, 0.15) is 11.2 Å². The number of imide groups is 1. The maximum absolute atomic E-state index is 13.1. The van der Waals surface area contributed by atoms with Crippen molar-refractivity contribution in [2.75, 3.05) is 0 Å². The third kappa shape index (κ3) is 4.49. The minimum absolute atomic E-state index is 0.0560. The zero-order valence-corrected chi connectivity index (χ0v) is 17.3. The Morgan fingerprint density at radius 2 is 1.77 bits per heavy atom. The fourth-order valence-electron chi connectivity index (χ4n) is 3.29. The molecule has 0 radical (unpaired) electrons. The molecule has 1 heterocycles. The number of carbonyl (C=O) groups excluding carboxylic acids is 2. The quantitative estimate of drug-likeness (QED) is 0.535. The predicted molar refractivity (Wildman–Crippen MR) is 108 cm³/mol. The summed E-state index contributed by atoms with van der Waals surface area (Å²) in [7, 11) is 0. The SMILES string of the molecule is CC(C)(C)OC(=O)N1C(=O)CC(C)(c2ccc([N+](=O)[O-])cc2)O[C@H]1c1ccccc1. The second kappa shape index (κ2) is 7.87. The number of non-ortho nitro benzene ring substituents is 1. The molecule has 0 N–H and O–H groups in total. The maximum atomic E-state index is 13.1. The Labute approximate surface area is 174 Å². The van der Waals surface area contributed by atoms with Crippen LogP contribution in [0, 0.1) is 10.1 Å². The van der Waals surface area contributed by atoms with E-state index in [-0.39, 0.29) is 12.1 Å². The Morgan fingerprint density at radius 1 is 1.17 bits per heavy atom. The molecule has 0 saturated carbocycles. The van der Waals surface area contributed by atoms with Gasteiger partial charge in [-0.3, -0.25) is 14.9 Å². The van der Waals surface area contributed by atoms with Crippen LogP contribution in [0.3, 0.4) is 0 Å². The highest BCUT2D eigenvalue weighted by atomic mass is 16.6. The molecule has 2 atom stereocenters. The van der Waals surface area contributed by atoms with Crippen LogP contribution in [0.25, 0.3) is 0 Å². The molecular formula is C22H24N2O6. The molecule has 30 heavy (non-hydrogen) atoms. The number of hydrogen-bond acceptors (Lipinski definition) is 6. The first-order chi connectivity index (χ1) is 14.0.